The van der Waals surface area contributed by atoms with E-state index in [1.165, 1.54) is 56.0 Å². The zero-order valence-electron chi connectivity index (χ0n) is 11.4. The second kappa shape index (κ2) is 4.73. The van der Waals surface area contributed by atoms with Crippen LogP contribution >= 0.6 is 23.1 Å². The van der Waals surface area contributed by atoms with E-state index in [4.69, 9.17) is 10.1 Å². The van der Waals surface area contributed by atoms with E-state index < -0.39 is 5.97 Å². The van der Waals surface area contributed by atoms with Gasteiger partial charge in [-0.3, -0.25) is 4.79 Å². The van der Waals surface area contributed by atoms with Crippen molar-refractivity contribution in [3.8, 4) is 0 Å². The molecule has 1 N–H and O–H groups in total. The summed E-state index contributed by atoms with van der Waals surface area (Å²) in [6.07, 6.45) is 8.32. The van der Waals surface area contributed by atoms with Crippen molar-refractivity contribution in [3.05, 3.63) is 11.1 Å². The lowest BCUT2D eigenvalue weighted by molar-refractivity contribution is -0.133. The third-order valence-corrected chi connectivity index (χ3v) is 7.39. The molecule has 0 aliphatic heterocycles. The van der Waals surface area contributed by atoms with Crippen LogP contribution in [0.2, 0.25) is 0 Å². The van der Waals surface area contributed by atoms with Crippen molar-refractivity contribution in [1.29, 1.82) is 0 Å². The van der Waals surface area contributed by atoms with Crippen LogP contribution in [0.5, 0.6) is 0 Å². The highest BCUT2D eigenvalue weighted by atomic mass is 32.2. The van der Waals surface area contributed by atoms with Crippen LogP contribution in [0, 0.1) is 17.8 Å². The minimum atomic E-state index is -0.762. The van der Waals surface area contributed by atoms with Gasteiger partial charge >= 0.3 is 5.97 Å². The summed E-state index contributed by atoms with van der Waals surface area (Å²) < 4.78 is 0.929. The molecule has 1 aromatic heterocycles. The van der Waals surface area contributed by atoms with Crippen LogP contribution in [0.4, 0.5) is 0 Å². The fraction of sp³-hybridized carbons (Fsp3) is 0.733. The molecule has 3 nitrogen and oxygen atoms in total. The molecule has 1 heterocycles. The molecule has 0 aromatic carbocycles. The maximum atomic E-state index is 10.7. The van der Waals surface area contributed by atoms with E-state index in [2.05, 4.69) is 5.38 Å². The molecule has 20 heavy (non-hydrogen) atoms. The normalized spacial score (nSPS) is 38.3. The van der Waals surface area contributed by atoms with E-state index in [-0.39, 0.29) is 5.75 Å². The Morgan fingerprint density at radius 1 is 1.30 bits per heavy atom. The first-order chi connectivity index (χ1) is 9.63. The lowest BCUT2D eigenvalue weighted by Gasteiger charge is -2.56. The lowest BCUT2D eigenvalue weighted by atomic mass is 9.49. The minimum absolute atomic E-state index is 0.119. The molecule has 0 amide bonds. The minimum Gasteiger partial charge on any atom is -0.481 e. The Morgan fingerprint density at radius 2 is 1.90 bits per heavy atom. The van der Waals surface area contributed by atoms with Gasteiger partial charge in [-0.05, 0) is 56.3 Å². The number of aliphatic carboxylic acids is 1. The Balaban J connectivity index is 1.56. The predicted octanol–water partition coefficient (Wildman–Crippen LogP) is 3.79. The number of rotatable bonds is 4. The molecule has 4 fully saturated rings. The van der Waals surface area contributed by atoms with Crippen molar-refractivity contribution >= 4 is 29.1 Å². The molecule has 4 aliphatic rings. The van der Waals surface area contributed by atoms with Gasteiger partial charge < -0.3 is 5.11 Å². The average Bonchev–Trinajstić information content (AvgIpc) is 2.84. The second-order valence-electron chi connectivity index (χ2n) is 6.88. The summed E-state index contributed by atoms with van der Waals surface area (Å²) in [5, 5.41) is 11.0. The molecular weight excluding hydrogens is 290 g/mol. The molecule has 5 rings (SSSR count). The molecule has 4 aliphatic carbocycles. The third kappa shape index (κ3) is 2.19. The van der Waals surface area contributed by atoms with Crippen LogP contribution < -0.4 is 0 Å². The maximum absolute atomic E-state index is 10.7. The predicted molar refractivity (Wildman–Crippen MR) is 80.3 cm³/mol. The molecule has 108 valence electrons. The zero-order valence-corrected chi connectivity index (χ0v) is 13.0. The molecule has 5 heteroatoms. The Morgan fingerprint density at radius 3 is 2.45 bits per heavy atom. The molecule has 1 aromatic rings. The number of nitrogens with zero attached hydrogens (tertiary/aromatic N) is 1. The van der Waals surface area contributed by atoms with E-state index in [0.717, 1.165) is 22.1 Å². The van der Waals surface area contributed by atoms with Gasteiger partial charge in [-0.15, -0.1) is 11.3 Å². The highest BCUT2D eigenvalue weighted by Crippen LogP contribution is 2.60. The van der Waals surface area contributed by atoms with E-state index in [0.29, 0.717) is 5.41 Å². The van der Waals surface area contributed by atoms with Crippen LogP contribution in [-0.2, 0) is 10.2 Å². The summed E-state index contributed by atoms with van der Waals surface area (Å²) in [6, 6.07) is 0. The Kier molecular flexibility index (Phi) is 3.11. The highest BCUT2D eigenvalue weighted by Gasteiger charge is 2.52. The van der Waals surface area contributed by atoms with Gasteiger partial charge in [0.25, 0.3) is 0 Å². The van der Waals surface area contributed by atoms with Crippen molar-refractivity contribution in [2.75, 3.05) is 5.75 Å². The monoisotopic (exact) mass is 309 g/mol. The van der Waals surface area contributed by atoms with Crippen molar-refractivity contribution in [3.63, 3.8) is 0 Å². The van der Waals surface area contributed by atoms with E-state index in [1.54, 1.807) is 11.3 Å². The SMILES string of the molecule is O=C(O)CSc1nc(C23CC4CC(CC(C4)C2)C3)cs1. The summed E-state index contributed by atoms with van der Waals surface area (Å²) in [4.78, 5) is 15.4. The van der Waals surface area contributed by atoms with Gasteiger partial charge in [0, 0.05) is 10.8 Å². The van der Waals surface area contributed by atoms with Gasteiger partial charge in [0.15, 0.2) is 4.34 Å². The van der Waals surface area contributed by atoms with E-state index >= 15 is 0 Å². The van der Waals surface area contributed by atoms with Crippen LogP contribution in [-0.4, -0.2) is 21.8 Å². The van der Waals surface area contributed by atoms with Gasteiger partial charge in [0.05, 0.1) is 11.4 Å². The number of carboxylic acid groups (broad SMARTS) is 1. The summed E-state index contributed by atoms with van der Waals surface area (Å²) in [5.74, 6) is 2.14. The van der Waals surface area contributed by atoms with Gasteiger partial charge in [-0.2, -0.15) is 0 Å². The molecule has 0 atom stereocenters. The van der Waals surface area contributed by atoms with Crippen molar-refractivity contribution in [1.82, 2.24) is 4.98 Å². The first kappa shape index (κ1) is 13.1. The van der Waals surface area contributed by atoms with Crippen molar-refractivity contribution < 1.29 is 9.90 Å². The van der Waals surface area contributed by atoms with Crippen molar-refractivity contribution in [2.24, 2.45) is 17.8 Å². The fourth-order valence-electron chi connectivity index (χ4n) is 5.11. The topological polar surface area (TPSA) is 50.2 Å². The first-order valence-electron chi connectivity index (χ1n) is 7.43. The van der Waals surface area contributed by atoms with Gasteiger partial charge in [0.2, 0.25) is 0 Å². The number of hydrogen-bond acceptors (Lipinski definition) is 4. The maximum Gasteiger partial charge on any atom is 0.313 e. The van der Waals surface area contributed by atoms with Crippen LogP contribution in [0.15, 0.2) is 9.72 Å². The van der Waals surface area contributed by atoms with Gasteiger partial charge in [0.1, 0.15) is 0 Å². The molecule has 0 saturated heterocycles. The average molecular weight is 309 g/mol. The highest BCUT2D eigenvalue weighted by molar-refractivity contribution is 8.01. The Bertz CT molecular complexity index is 504. The smallest absolute Gasteiger partial charge is 0.313 e. The number of hydrogen-bond donors (Lipinski definition) is 1. The quantitative estimate of drug-likeness (QED) is 0.860. The van der Waals surface area contributed by atoms with Crippen molar-refractivity contribution in [2.45, 2.75) is 48.3 Å². The van der Waals surface area contributed by atoms with Gasteiger partial charge in [-0.1, -0.05) is 11.8 Å². The fourth-order valence-corrected chi connectivity index (χ4v) is 6.78. The summed E-state index contributed by atoms with van der Waals surface area (Å²) in [6.45, 7) is 0. The number of carbonyl (C=O) groups is 1. The van der Waals surface area contributed by atoms with E-state index in [9.17, 15) is 4.79 Å². The summed E-state index contributed by atoms with van der Waals surface area (Å²) in [5.41, 5.74) is 1.61. The largest absolute Gasteiger partial charge is 0.481 e. The Labute approximate surface area is 127 Å². The molecule has 4 bridgehead atoms. The lowest BCUT2D eigenvalue weighted by Crippen LogP contribution is -2.48. The molecule has 0 unspecified atom stereocenters. The molecule has 0 radical (unpaired) electrons. The third-order valence-electron chi connectivity index (χ3n) is 5.38. The second-order valence-corrected chi connectivity index (χ2v) is 8.96. The van der Waals surface area contributed by atoms with Crippen LogP contribution in [0.1, 0.15) is 44.2 Å². The van der Waals surface area contributed by atoms with Crippen LogP contribution in [0.3, 0.4) is 0 Å². The summed E-state index contributed by atoms with van der Waals surface area (Å²) >= 11 is 2.99. The standard InChI is InChI=1S/C15H19NO2S2/c17-13(18)8-20-14-16-12(7-19-14)15-4-9-1-10(5-15)3-11(2-9)6-15/h7,9-11H,1-6,8H2,(H,17,18). The molecular formula is C15H19NO2S2. The molecule has 4 saturated carbocycles. The number of thiazole rings is 1. The van der Waals surface area contributed by atoms with Crippen LogP contribution in [0.25, 0.3) is 0 Å². The first-order valence-corrected chi connectivity index (χ1v) is 9.30. The number of thioether (sulfide) groups is 1. The number of aromatic nitrogens is 1. The Hall–Kier alpha value is -0.550. The summed E-state index contributed by atoms with van der Waals surface area (Å²) in [7, 11) is 0. The van der Waals surface area contributed by atoms with E-state index in [1.807, 2.05) is 0 Å². The zero-order chi connectivity index (χ0) is 13.7. The number of carboxylic acids is 1. The molecule has 0 spiro atoms. The van der Waals surface area contributed by atoms with Gasteiger partial charge in [-0.25, -0.2) is 4.98 Å².